The molecule has 1 atom stereocenters. The molecule has 1 aromatic heterocycles. The van der Waals surface area contributed by atoms with Gasteiger partial charge in [-0.15, -0.1) is 0 Å². The summed E-state index contributed by atoms with van der Waals surface area (Å²) in [6.07, 6.45) is 2.16. The van der Waals surface area contributed by atoms with Crippen molar-refractivity contribution < 1.29 is 14.2 Å². The van der Waals surface area contributed by atoms with Crippen LogP contribution in [-0.2, 0) is 0 Å². The van der Waals surface area contributed by atoms with Crippen LogP contribution in [0.2, 0.25) is 0 Å². The van der Waals surface area contributed by atoms with Crippen molar-refractivity contribution in [2.75, 3.05) is 7.11 Å². The molecule has 0 spiro atoms. The van der Waals surface area contributed by atoms with Crippen LogP contribution in [0.3, 0.4) is 0 Å². The Bertz CT molecular complexity index is 557. The summed E-state index contributed by atoms with van der Waals surface area (Å²) < 4.78 is 18.8. The minimum absolute atomic E-state index is 0.215. The third-order valence-corrected chi connectivity index (χ3v) is 2.88. The van der Waals surface area contributed by atoms with E-state index >= 15 is 0 Å². The smallest absolute Gasteiger partial charge is 0.133 e. The molecule has 0 amide bonds. The number of aryl methyl sites for hydroxylation is 1. The maximum atomic E-state index is 13.8. The lowest BCUT2D eigenvalue weighted by atomic mass is 9.99. The summed E-state index contributed by atoms with van der Waals surface area (Å²) in [5.74, 6) is -0.0727. The molecule has 0 saturated heterocycles. The average molecular weight is 247 g/mol. The van der Waals surface area contributed by atoms with E-state index in [1.165, 1.54) is 19.2 Å². The maximum Gasteiger partial charge on any atom is 0.133 e. The van der Waals surface area contributed by atoms with Gasteiger partial charge < -0.3 is 9.84 Å². The predicted molar refractivity (Wildman–Crippen MR) is 66.0 cm³/mol. The zero-order chi connectivity index (χ0) is 13.1. The number of methoxy groups -OCH3 is 1. The second kappa shape index (κ2) is 5.14. The Morgan fingerprint density at radius 3 is 2.67 bits per heavy atom. The number of ether oxygens (including phenoxy) is 1. The molecule has 18 heavy (non-hydrogen) atoms. The lowest BCUT2D eigenvalue weighted by Crippen LogP contribution is -2.05. The zero-order valence-electron chi connectivity index (χ0n) is 10.2. The quantitative estimate of drug-likeness (QED) is 0.906. The Labute approximate surface area is 105 Å². The summed E-state index contributed by atoms with van der Waals surface area (Å²) in [7, 11) is 1.47. The summed E-state index contributed by atoms with van der Waals surface area (Å²) in [4.78, 5) is 3.95. The van der Waals surface area contributed by atoms with Crippen molar-refractivity contribution in [2.24, 2.45) is 0 Å². The topological polar surface area (TPSA) is 42.4 Å². The number of rotatable bonds is 3. The number of aromatic nitrogens is 1. The van der Waals surface area contributed by atoms with Crippen molar-refractivity contribution >= 4 is 0 Å². The van der Waals surface area contributed by atoms with E-state index in [9.17, 15) is 9.50 Å². The van der Waals surface area contributed by atoms with Gasteiger partial charge in [0.05, 0.1) is 7.11 Å². The summed E-state index contributed by atoms with van der Waals surface area (Å²) in [5, 5.41) is 10.2. The van der Waals surface area contributed by atoms with Gasteiger partial charge in [0.2, 0.25) is 0 Å². The highest BCUT2D eigenvalue weighted by atomic mass is 19.1. The van der Waals surface area contributed by atoms with Crippen LogP contribution in [0.5, 0.6) is 5.75 Å². The van der Waals surface area contributed by atoms with Gasteiger partial charge in [0.15, 0.2) is 0 Å². The predicted octanol–water partition coefficient (Wildman–Crippen LogP) is 2.62. The number of aliphatic hydroxyl groups is 1. The number of pyridine rings is 1. The van der Waals surface area contributed by atoms with Crippen LogP contribution in [0, 0.1) is 12.7 Å². The molecular weight excluding hydrogens is 233 g/mol. The Hall–Kier alpha value is -1.94. The van der Waals surface area contributed by atoms with Crippen LogP contribution in [-0.4, -0.2) is 17.2 Å². The normalized spacial score (nSPS) is 12.2. The summed E-state index contributed by atoms with van der Waals surface area (Å²) in [6, 6.07) is 6.17. The average Bonchev–Trinajstić information content (AvgIpc) is 2.38. The molecule has 94 valence electrons. The van der Waals surface area contributed by atoms with E-state index in [1.54, 1.807) is 24.5 Å². The Balaban J connectivity index is 2.40. The van der Waals surface area contributed by atoms with Crippen LogP contribution in [0.25, 0.3) is 0 Å². The van der Waals surface area contributed by atoms with Gasteiger partial charge in [-0.1, -0.05) is 0 Å². The third kappa shape index (κ3) is 2.33. The zero-order valence-corrected chi connectivity index (χ0v) is 10.2. The molecule has 0 saturated carbocycles. The number of nitrogens with zero attached hydrogens (tertiary/aromatic N) is 1. The van der Waals surface area contributed by atoms with Crippen molar-refractivity contribution in [1.82, 2.24) is 4.98 Å². The van der Waals surface area contributed by atoms with E-state index in [-0.39, 0.29) is 5.56 Å². The highest BCUT2D eigenvalue weighted by Crippen LogP contribution is 2.28. The molecule has 1 unspecified atom stereocenters. The van der Waals surface area contributed by atoms with Gasteiger partial charge in [0, 0.05) is 29.6 Å². The van der Waals surface area contributed by atoms with Gasteiger partial charge in [-0.05, 0) is 30.7 Å². The highest BCUT2D eigenvalue weighted by molar-refractivity contribution is 5.37. The van der Waals surface area contributed by atoms with Crippen molar-refractivity contribution in [3.63, 3.8) is 0 Å². The largest absolute Gasteiger partial charge is 0.497 e. The molecule has 0 bridgehead atoms. The first-order valence-electron chi connectivity index (χ1n) is 5.55. The number of halogens is 1. The van der Waals surface area contributed by atoms with E-state index in [2.05, 4.69) is 4.98 Å². The lowest BCUT2D eigenvalue weighted by molar-refractivity contribution is 0.213. The van der Waals surface area contributed by atoms with Crippen LogP contribution in [0.15, 0.2) is 36.7 Å². The monoisotopic (exact) mass is 247 g/mol. The van der Waals surface area contributed by atoms with Gasteiger partial charge in [-0.25, -0.2) is 4.39 Å². The molecule has 0 aliphatic rings. The second-order valence-corrected chi connectivity index (χ2v) is 4.02. The SMILES string of the molecule is COc1ccc(C(O)c2cnccc2C)c(F)c1. The molecule has 0 aliphatic heterocycles. The van der Waals surface area contributed by atoms with Crippen molar-refractivity contribution in [1.29, 1.82) is 0 Å². The molecule has 0 radical (unpaired) electrons. The minimum Gasteiger partial charge on any atom is -0.497 e. The molecule has 1 N–H and O–H groups in total. The van der Waals surface area contributed by atoms with Crippen molar-refractivity contribution in [2.45, 2.75) is 13.0 Å². The van der Waals surface area contributed by atoms with E-state index < -0.39 is 11.9 Å². The number of hydrogen-bond acceptors (Lipinski definition) is 3. The number of aliphatic hydroxyl groups excluding tert-OH is 1. The van der Waals surface area contributed by atoms with Gasteiger partial charge in [0.1, 0.15) is 17.7 Å². The minimum atomic E-state index is -1.02. The fourth-order valence-corrected chi connectivity index (χ4v) is 1.79. The summed E-state index contributed by atoms with van der Waals surface area (Å²) in [5.41, 5.74) is 1.68. The molecular formula is C14H14FNO2. The molecule has 0 aliphatic carbocycles. The van der Waals surface area contributed by atoms with E-state index in [1.807, 2.05) is 6.92 Å². The lowest BCUT2D eigenvalue weighted by Gasteiger charge is -2.14. The molecule has 0 fully saturated rings. The van der Waals surface area contributed by atoms with Gasteiger partial charge in [-0.2, -0.15) is 0 Å². The molecule has 3 nitrogen and oxygen atoms in total. The summed E-state index contributed by atoms with van der Waals surface area (Å²) >= 11 is 0. The highest BCUT2D eigenvalue weighted by Gasteiger charge is 2.17. The van der Waals surface area contributed by atoms with E-state index in [0.717, 1.165) is 5.56 Å². The first kappa shape index (κ1) is 12.5. The van der Waals surface area contributed by atoms with Crippen molar-refractivity contribution in [3.05, 3.63) is 59.2 Å². The van der Waals surface area contributed by atoms with E-state index in [0.29, 0.717) is 11.3 Å². The Morgan fingerprint density at radius 2 is 2.06 bits per heavy atom. The first-order chi connectivity index (χ1) is 8.63. The van der Waals surface area contributed by atoms with Crippen molar-refractivity contribution in [3.8, 4) is 5.75 Å². The first-order valence-corrected chi connectivity index (χ1v) is 5.55. The fraction of sp³-hybridized carbons (Fsp3) is 0.214. The van der Waals surface area contributed by atoms with Crippen LogP contribution < -0.4 is 4.74 Å². The Kier molecular flexibility index (Phi) is 3.58. The molecule has 4 heteroatoms. The van der Waals surface area contributed by atoms with Gasteiger partial charge >= 0.3 is 0 Å². The summed E-state index contributed by atoms with van der Waals surface area (Å²) in [6.45, 7) is 1.85. The number of benzene rings is 1. The Morgan fingerprint density at radius 1 is 1.28 bits per heavy atom. The fourth-order valence-electron chi connectivity index (χ4n) is 1.79. The second-order valence-electron chi connectivity index (χ2n) is 4.02. The molecule has 2 rings (SSSR count). The van der Waals surface area contributed by atoms with Gasteiger partial charge in [0.25, 0.3) is 0 Å². The van der Waals surface area contributed by atoms with Crippen LogP contribution in [0.1, 0.15) is 22.8 Å². The van der Waals surface area contributed by atoms with Crippen LogP contribution >= 0.6 is 0 Å². The standard InChI is InChI=1S/C14H14FNO2/c1-9-5-6-16-8-12(9)14(17)11-4-3-10(18-2)7-13(11)15/h3-8,14,17H,1-2H3. The van der Waals surface area contributed by atoms with Gasteiger partial charge in [-0.3, -0.25) is 4.98 Å². The van der Waals surface area contributed by atoms with Crippen LogP contribution in [0.4, 0.5) is 4.39 Å². The third-order valence-electron chi connectivity index (χ3n) is 2.88. The molecule has 1 heterocycles. The molecule has 1 aromatic carbocycles. The number of hydrogen-bond donors (Lipinski definition) is 1. The van der Waals surface area contributed by atoms with E-state index in [4.69, 9.17) is 4.74 Å². The maximum absolute atomic E-state index is 13.8. The molecule has 2 aromatic rings.